The third-order valence-corrected chi connectivity index (χ3v) is 7.62. The predicted octanol–water partition coefficient (Wildman–Crippen LogP) is 3.65. The molecule has 7 nitrogen and oxygen atoms in total. The number of benzene rings is 2. The molecule has 0 saturated heterocycles. The van der Waals surface area contributed by atoms with E-state index in [9.17, 15) is 18.0 Å². The Morgan fingerprint density at radius 1 is 1.10 bits per heavy atom. The van der Waals surface area contributed by atoms with Crippen molar-refractivity contribution in [3.05, 3.63) is 58.6 Å². The van der Waals surface area contributed by atoms with Gasteiger partial charge < -0.3 is 10.6 Å². The number of nitrogens with zero attached hydrogens (tertiary/aromatic N) is 1. The first-order valence-electron chi connectivity index (χ1n) is 10.1. The van der Waals surface area contributed by atoms with Crippen molar-refractivity contribution in [3.8, 4) is 0 Å². The van der Waals surface area contributed by atoms with Gasteiger partial charge in [0.25, 0.3) is 5.91 Å². The Hall–Kier alpha value is -2.42. The SMILES string of the molecule is CN(C)S(=O)(=O)c1cc(C(=O)NCc2cccc(NC(=O)C3CCCC3)c2)ccc1Cl. The fraction of sp³-hybridized carbons (Fsp3) is 0.364. The van der Waals surface area contributed by atoms with E-state index < -0.39 is 15.9 Å². The number of sulfonamides is 1. The molecular formula is C22H26ClN3O4S. The van der Waals surface area contributed by atoms with Crippen molar-refractivity contribution in [1.29, 1.82) is 0 Å². The van der Waals surface area contributed by atoms with E-state index in [2.05, 4.69) is 10.6 Å². The van der Waals surface area contributed by atoms with Crippen LogP contribution in [0.15, 0.2) is 47.4 Å². The first-order chi connectivity index (χ1) is 14.7. The molecule has 1 aliphatic rings. The Morgan fingerprint density at radius 3 is 2.48 bits per heavy atom. The molecule has 1 aliphatic carbocycles. The fourth-order valence-corrected chi connectivity index (χ4v) is 4.91. The largest absolute Gasteiger partial charge is 0.348 e. The molecule has 0 heterocycles. The van der Waals surface area contributed by atoms with Gasteiger partial charge in [0.1, 0.15) is 4.90 Å². The molecule has 0 spiro atoms. The van der Waals surface area contributed by atoms with Gasteiger partial charge >= 0.3 is 0 Å². The van der Waals surface area contributed by atoms with Gasteiger partial charge in [-0.15, -0.1) is 0 Å². The van der Waals surface area contributed by atoms with Gasteiger partial charge in [0, 0.05) is 37.8 Å². The Morgan fingerprint density at radius 2 is 1.81 bits per heavy atom. The molecular weight excluding hydrogens is 438 g/mol. The van der Waals surface area contributed by atoms with E-state index in [4.69, 9.17) is 11.6 Å². The minimum absolute atomic E-state index is 0.0366. The van der Waals surface area contributed by atoms with Crippen molar-refractivity contribution in [2.24, 2.45) is 5.92 Å². The summed E-state index contributed by atoms with van der Waals surface area (Å²) in [5, 5.41) is 5.77. The first-order valence-corrected chi connectivity index (χ1v) is 11.9. The van der Waals surface area contributed by atoms with E-state index in [1.165, 1.54) is 32.3 Å². The lowest BCUT2D eigenvalue weighted by Gasteiger charge is -2.14. The maximum absolute atomic E-state index is 12.6. The van der Waals surface area contributed by atoms with E-state index in [-0.39, 0.29) is 33.9 Å². The number of hydrogen-bond acceptors (Lipinski definition) is 4. The highest BCUT2D eigenvalue weighted by molar-refractivity contribution is 7.89. The van der Waals surface area contributed by atoms with E-state index in [1.54, 1.807) is 0 Å². The van der Waals surface area contributed by atoms with Crippen LogP contribution in [0.4, 0.5) is 5.69 Å². The second-order valence-corrected chi connectivity index (χ2v) is 10.3. The van der Waals surface area contributed by atoms with Crippen LogP contribution in [0.3, 0.4) is 0 Å². The van der Waals surface area contributed by atoms with Crippen molar-refractivity contribution in [3.63, 3.8) is 0 Å². The average Bonchev–Trinajstić information content (AvgIpc) is 3.27. The van der Waals surface area contributed by atoms with Gasteiger partial charge in [-0.3, -0.25) is 9.59 Å². The third-order valence-electron chi connectivity index (χ3n) is 5.33. The summed E-state index contributed by atoms with van der Waals surface area (Å²) < 4.78 is 25.8. The molecule has 2 N–H and O–H groups in total. The maximum atomic E-state index is 12.6. The van der Waals surface area contributed by atoms with E-state index in [0.717, 1.165) is 35.6 Å². The van der Waals surface area contributed by atoms with Crippen LogP contribution in [0.5, 0.6) is 0 Å². The van der Waals surface area contributed by atoms with Crippen LogP contribution < -0.4 is 10.6 Å². The average molecular weight is 464 g/mol. The highest BCUT2D eigenvalue weighted by Gasteiger charge is 2.23. The zero-order chi connectivity index (χ0) is 22.6. The minimum Gasteiger partial charge on any atom is -0.348 e. The smallest absolute Gasteiger partial charge is 0.251 e. The number of carbonyl (C=O) groups is 2. The Labute approximate surface area is 187 Å². The van der Waals surface area contributed by atoms with E-state index in [0.29, 0.717) is 5.69 Å². The summed E-state index contributed by atoms with van der Waals surface area (Å²) in [6, 6.07) is 11.4. The van der Waals surface area contributed by atoms with Gasteiger partial charge in [0.2, 0.25) is 15.9 Å². The number of carbonyl (C=O) groups excluding carboxylic acids is 2. The normalized spacial score (nSPS) is 14.6. The summed E-state index contributed by atoms with van der Waals surface area (Å²) in [6.07, 6.45) is 4.03. The predicted molar refractivity (Wildman–Crippen MR) is 121 cm³/mol. The number of rotatable bonds is 7. The van der Waals surface area contributed by atoms with Crippen LogP contribution in [-0.2, 0) is 21.4 Å². The lowest BCUT2D eigenvalue weighted by Crippen LogP contribution is -2.25. The van der Waals surface area contributed by atoms with Gasteiger partial charge in [-0.1, -0.05) is 36.6 Å². The quantitative estimate of drug-likeness (QED) is 0.655. The molecule has 0 aromatic heterocycles. The van der Waals surface area contributed by atoms with Crippen molar-refractivity contribution < 1.29 is 18.0 Å². The van der Waals surface area contributed by atoms with Crippen LogP contribution in [0.2, 0.25) is 5.02 Å². The van der Waals surface area contributed by atoms with Gasteiger partial charge in [-0.05, 0) is 48.7 Å². The highest BCUT2D eigenvalue weighted by Crippen LogP contribution is 2.26. The van der Waals surface area contributed by atoms with Gasteiger partial charge in [0.05, 0.1) is 5.02 Å². The number of amides is 2. The molecule has 0 aliphatic heterocycles. The summed E-state index contributed by atoms with van der Waals surface area (Å²) in [6.45, 7) is 0.227. The van der Waals surface area contributed by atoms with Crippen LogP contribution in [0.1, 0.15) is 41.6 Å². The van der Waals surface area contributed by atoms with Crippen LogP contribution in [0.25, 0.3) is 0 Å². The maximum Gasteiger partial charge on any atom is 0.251 e. The molecule has 0 unspecified atom stereocenters. The van der Waals surface area contributed by atoms with Crippen molar-refractivity contribution in [2.45, 2.75) is 37.1 Å². The number of halogens is 1. The van der Waals surface area contributed by atoms with Crippen LogP contribution in [-0.4, -0.2) is 38.6 Å². The van der Waals surface area contributed by atoms with Crippen molar-refractivity contribution >= 4 is 39.1 Å². The summed E-state index contributed by atoms with van der Waals surface area (Å²) in [5.41, 5.74) is 1.69. The van der Waals surface area contributed by atoms with E-state index >= 15 is 0 Å². The topological polar surface area (TPSA) is 95.6 Å². The standard InChI is InChI=1S/C22H26ClN3O4S/c1-26(2)31(29,30)20-13-17(10-11-19(20)23)21(27)24-14-15-6-5-9-18(12-15)25-22(28)16-7-3-4-8-16/h5-6,9-13,16H,3-4,7-8,14H2,1-2H3,(H,24,27)(H,25,28). The molecule has 2 aromatic rings. The molecule has 0 bridgehead atoms. The van der Waals surface area contributed by atoms with E-state index in [1.807, 2.05) is 24.3 Å². The molecule has 2 amide bonds. The molecule has 2 aromatic carbocycles. The summed E-state index contributed by atoms with van der Waals surface area (Å²) in [7, 11) is -0.974. The van der Waals surface area contributed by atoms with Crippen molar-refractivity contribution in [1.82, 2.24) is 9.62 Å². The molecule has 166 valence electrons. The van der Waals surface area contributed by atoms with Crippen LogP contribution >= 0.6 is 11.6 Å². The number of anilines is 1. The number of hydrogen-bond donors (Lipinski definition) is 2. The molecule has 0 radical (unpaired) electrons. The zero-order valence-electron chi connectivity index (χ0n) is 17.5. The minimum atomic E-state index is -3.77. The molecule has 1 saturated carbocycles. The summed E-state index contributed by atoms with van der Waals surface area (Å²) in [4.78, 5) is 24.8. The molecule has 3 rings (SSSR count). The first kappa shape index (κ1) is 23.2. The fourth-order valence-electron chi connectivity index (χ4n) is 3.51. The van der Waals surface area contributed by atoms with Crippen LogP contribution in [0, 0.1) is 5.92 Å². The summed E-state index contributed by atoms with van der Waals surface area (Å²) >= 11 is 6.04. The summed E-state index contributed by atoms with van der Waals surface area (Å²) in [5.74, 6) is -0.317. The zero-order valence-corrected chi connectivity index (χ0v) is 19.1. The molecule has 31 heavy (non-hydrogen) atoms. The Bertz CT molecular complexity index is 1080. The second kappa shape index (κ2) is 9.80. The molecule has 9 heteroatoms. The number of nitrogens with one attached hydrogen (secondary N) is 2. The molecule has 1 fully saturated rings. The lowest BCUT2D eigenvalue weighted by molar-refractivity contribution is -0.119. The van der Waals surface area contributed by atoms with Gasteiger partial charge in [0.15, 0.2) is 0 Å². The Kier molecular flexibility index (Phi) is 7.35. The van der Waals surface area contributed by atoms with Crippen molar-refractivity contribution in [2.75, 3.05) is 19.4 Å². The second-order valence-electron chi connectivity index (χ2n) is 7.79. The third kappa shape index (κ3) is 5.64. The monoisotopic (exact) mass is 463 g/mol. The highest BCUT2D eigenvalue weighted by atomic mass is 35.5. The van der Waals surface area contributed by atoms with Gasteiger partial charge in [-0.25, -0.2) is 12.7 Å². The molecule has 0 atom stereocenters. The van der Waals surface area contributed by atoms with Gasteiger partial charge in [-0.2, -0.15) is 0 Å². The lowest BCUT2D eigenvalue weighted by atomic mass is 10.1. The Balaban J connectivity index is 1.66.